The summed E-state index contributed by atoms with van der Waals surface area (Å²) in [6.45, 7) is 1.53. The van der Waals surface area contributed by atoms with Crippen LogP contribution in [0.4, 0.5) is 8.78 Å². The van der Waals surface area contributed by atoms with Gasteiger partial charge in [-0.2, -0.15) is 4.68 Å². The van der Waals surface area contributed by atoms with Gasteiger partial charge in [-0.1, -0.05) is 6.07 Å². The SMILES string of the molecule is Cc1ccc(F)c(-n2nnnc2CCl)c1F. The van der Waals surface area contributed by atoms with Crippen LogP contribution in [0.3, 0.4) is 0 Å². The van der Waals surface area contributed by atoms with Gasteiger partial charge in [-0.3, -0.25) is 0 Å². The van der Waals surface area contributed by atoms with Crippen LogP contribution < -0.4 is 0 Å². The molecule has 0 bridgehead atoms. The van der Waals surface area contributed by atoms with Gasteiger partial charge in [-0.15, -0.1) is 16.7 Å². The molecule has 2 aromatic rings. The molecule has 84 valence electrons. The molecule has 16 heavy (non-hydrogen) atoms. The summed E-state index contributed by atoms with van der Waals surface area (Å²) >= 11 is 5.56. The van der Waals surface area contributed by atoms with E-state index in [-0.39, 0.29) is 17.4 Å². The number of hydrogen-bond acceptors (Lipinski definition) is 3. The number of alkyl halides is 1. The first-order chi connectivity index (χ1) is 7.65. The van der Waals surface area contributed by atoms with Crippen molar-refractivity contribution in [3.05, 3.63) is 35.2 Å². The number of tetrazole rings is 1. The van der Waals surface area contributed by atoms with E-state index in [1.54, 1.807) is 0 Å². The van der Waals surface area contributed by atoms with Crippen LogP contribution >= 0.6 is 11.6 Å². The highest BCUT2D eigenvalue weighted by Gasteiger charge is 2.17. The summed E-state index contributed by atoms with van der Waals surface area (Å²) in [6, 6.07) is 2.51. The molecule has 0 spiro atoms. The Kier molecular flexibility index (Phi) is 2.82. The molecule has 0 amide bonds. The zero-order valence-corrected chi connectivity index (χ0v) is 9.04. The maximum absolute atomic E-state index is 13.7. The van der Waals surface area contributed by atoms with Gasteiger partial charge in [0.25, 0.3) is 0 Å². The average Bonchev–Trinajstić information content (AvgIpc) is 2.72. The van der Waals surface area contributed by atoms with Crippen molar-refractivity contribution in [2.75, 3.05) is 0 Å². The van der Waals surface area contributed by atoms with Gasteiger partial charge in [0.2, 0.25) is 0 Å². The second-order valence-electron chi connectivity index (χ2n) is 3.17. The lowest BCUT2D eigenvalue weighted by Crippen LogP contribution is -2.08. The van der Waals surface area contributed by atoms with Crippen molar-refractivity contribution in [2.45, 2.75) is 12.8 Å². The van der Waals surface area contributed by atoms with Gasteiger partial charge in [0.05, 0.1) is 5.88 Å². The van der Waals surface area contributed by atoms with Crippen LogP contribution in [0.5, 0.6) is 0 Å². The summed E-state index contributed by atoms with van der Waals surface area (Å²) in [5, 5.41) is 10.4. The number of aromatic nitrogens is 4. The Morgan fingerprint density at radius 1 is 1.38 bits per heavy atom. The van der Waals surface area contributed by atoms with E-state index >= 15 is 0 Å². The first kappa shape index (κ1) is 10.9. The van der Waals surface area contributed by atoms with Crippen molar-refractivity contribution in [1.29, 1.82) is 0 Å². The summed E-state index contributed by atoms with van der Waals surface area (Å²) in [5.41, 5.74) is 0.00747. The van der Waals surface area contributed by atoms with Crippen LogP contribution in [-0.2, 0) is 5.88 Å². The van der Waals surface area contributed by atoms with E-state index in [9.17, 15) is 8.78 Å². The first-order valence-electron chi connectivity index (χ1n) is 4.43. The molecule has 0 aliphatic rings. The summed E-state index contributed by atoms with van der Waals surface area (Å²) in [5.74, 6) is -1.27. The van der Waals surface area contributed by atoms with E-state index in [1.165, 1.54) is 13.0 Å². The number of hydrogen-bond donors (Lipinski definition) is 0. The molecular weight excluding hydrogens is 238 g/mol. The summed E-state index contributed by atoms with van der Waals surface area (Å²) in [7, 11) is 0. The second kappa shape index (κ2) is 4.13. The van der Waals surface area contributed by atoms with E-state index in [2.05, 4.69) is 15.5 Å². The summed E-state index contributed by atoms with van der Waals surface area (Å²) in [6.07, 6.45) is 0. The minimum Gasteiger partial charge on any atom is -0.204 e. The standard InChI is InChI=1S/C9H7ClF2N4/c1-5-2-3-6(11)9(8(5)12)16-7(4-10)13-14-15-16/h2-3H,4H2,1H3. The number of rotatable bonds is 2. The topological polar surface area (TPSA) is 43.6 Å². The lowest BCUT2D eigenvalue weighted by molar-refractivity contribution is 0.548. The van der Waals surface area contributed by atoms with E-state index in [4.69, 9.17) is 11.6 Å². The molecule has 1 aromatic carbocycles. The van der Waals surface area contributed by atoms with Gasteiger partial charge in [0.1, 0.15) is 5.69 Å². The molecule has 0 unspecified atom stereocenters. The molecular formula is C9H7ClF2N4. The largest absolute Gasteiger partial charge is 0.204 e. The molecule has 0 aliphatic heterocycles. The van der Waals surface area contributed by atoms with E-state index in [1.807, 2.05) is 0 Å². The third-order valence-corrected chi connectivity index (χ3v) is 2.36. The highest BCUT2D eigenvalue weighted by molar-refractivity contribution is 6.16. The van der Waals surface area contributed by atoms with Crippen molar-refractivity contribution < 1.29 is 8.78 Å². The van der Waals surface area contributed by atoms with Crippen LogP contribution in [0.25, 0.3) is 5.69 Å². The van der Waals surface area contributed by atoms with Crippen molar-refractivity contribution in [3.8, 4) is 5.69 Å². The minimum atomic E-state index is -0.734. The normalized spacial score (nSPS) is 10.8. The van der Waals surface area contributed by atoms with Crippen LogP contribution in [0, 0.1) is 18.6 Å². The molecule has 1 aromatic heterocycles. The fourth-order valence-corrected chi connectivity index (χ4v) is 1.47. The van der Waals surface area contributed by atoms with Gasteiger partial charge < -0.3 is 0 Å². The fourth-order valence-electron chi connectivity index (χ4n) is 1.30. The number of nitrogens with zero attached hydrogens (tertiary/aromatic N) is 4. The van der Waals surface area contributed by atoms with Crippen molar-refractivity contribution in [2.24, 2.45) is 0 Å². The maximum Gasteiger partial charge on any atom is 0.171 e. The van der Waals surface area contributed by atoms with E-state index in [0.29, 0.717) is 5.56 Å². The van der Waals surface area contributed by atoms with Crippen LogP contribution in [0.15, 0.2) is 12.1 Å². The molecule has 4 nitrogen and oxygen atoms in total. The predicted molar refractivity (Wildman–Crippen MR) is 53.4 cm³/mol. The Balaban J connectivity index is 2.68. The molecule has 0 saturated heterocycles. The zero-order valence-electron chi connectivity index (χ0n) is 8.28. The molecule has 0 radical (unpaired) electrons. The second-order valence-corrected chi connectivity index (χ2v) is 3.43. The predicted octanol–water partition coefficient (Wildman–Crippen LogP) is 1.99. The average molecular weight is 245 g/mol. The summed E-state index contributed by atoms with van der Waals surface area (Å²) < 4.78 is 28.2. The molecule has 0 aliphatic carbocycles. The van der Waals surface area contributed by atoms with Crippen molar-refractivity contribution in [3.63, 3.8) is 0 Å². The first-order valence-corrected chi connectivity index (χ1v) is 4.96. The zero-order chi connectivity index (χ0) is 11.7. The maximum atomic E-state index is 13.7. The number of halogens is 3. The van der Waals surface area contributed by atoms with Crippen molar-refractivity contribution in [1.82, 2.24) is 20.2 Å². The molecule has 2 rings (SSSR count). The lowest BCUT2D eigenvalue weighted by Gasteiger charge is -2.07. The Bertz CT molecular complexity index is 526. The van der Waals surface area contributed by atoms with E-state index < -0.39 is 11.6 Å². The molecule has 0 N–H and O–H groups in total. The minimum absolute atomic E-state index is 0.0280. The summed E-state index contributed by atoms with van der Waals surface area (Å²) in [4.78, 5) is 0. The van der Waals surface area contributed by atoms with Crippen LogP contribution in [0.2, 0.25) is 0 Å². The smallest absolute Gasteiger partial charge is 0.171 e. The Morgan fingerprint density at radius 2 is 2.12 bits per heavy atom. The van der Waals surface area contributed by atoms with Crippen molar-refractivity contribution >= 4 is 11.6 Å². The third kappa shape index (κ3) is 1.65. The van der Waals surface area contributed by atoms with Gasteiger partial charge in [-0.05, 0) is 29.0 Å². The van der Waals surface area contributed by atoms with Gasteiger partial charge >= 0.3 is 0 Å². The Morgan fingerprint density at radius 3 is 2.81 bits per heavy atom. The third-order valence-electron chi connectivity index (χ3n) is 2.13. The fraction of sp³-hybridized carbons (Fsp3) is 0.222. The molecule has 1 heterocycles. The van der Waals surface area contributed by atoms with Gasteiger partial charge in [0, 0.05) is 0 Å². The number of aryl methyl sites for hydroxylation is 1. The molecule has 7 heteroatoms. The Hall–Kier alpha value is -1.56. The van der Waals surface area contributed by atoms with Crippen LogP contribution in [-0.4, -0.2) is 20.2 Å². The van der Waals surface area contributed by atoms with Crippen LogP contribution in [0.1, 0.15) is 11.4 Å². The molecule has 0 fully saturated rings. The highest BCUT2D eigenvalue weighted by Crippen LogP contribution is 2.20. The quantitative estimate of drug-likeness (QED) is 0.759. The molecule has 0 atom stereocenters. The van der Waals surface area contributed by atoms with Gasteiger partial charge in [-0.25, -0.2) is 8.78 Å². The van der Waals surface area contributed by atoms with Gasteiger partial charge in [0.15, 0.2) is 17.5 Å². The highest BCUT2D eigenvalue weighted by atomic mass is 35.5. The Labute approximate surface area is 94.8 Å². The monoisotopic (exact) mass is 244 g/mol. The number of benzene rings is 1. The van der Waals surface area contributed by atoms with E-state index in [0.717, 1.165) is 10.7 Å². The molecule has 0 saturated carbocycles. The lowest BCUT2D eigenvalue weighted by atomic mass is 10.2.